The van der Waals surface area contributed by atoms with E-state index in [4.69, 9.17) is 4.74 Å². The molecule has 2 N–H and O–H groups in total. The van der Waals surface area contributed by atoms with E-state index < -0.39 is 6.04 Å². The normalized spacial score (nSPS) is 11.7. The zero-order valence-electron chi connectivity index (χ0n) is 15.5. The fraction of sp³-hybridized carbons (Fsp3) is 0.333. The Balaban J connectivity index is 1.98. The first-order chi connectivity index (χ1) is 12.5. The van der Waals surface area contributed by atoms with Gasteiger partial charge in [0.1, 0.15) is 18.4 Å². The molecule has 26 heavy (non-hydrogen) atoms. The van der Waals surface area contributed by atoms with Crippen molar-refractivity contribution < 1.29 is 14.3 Å². The number of para-hydroxylation sites is 1. The molecule has 1 unspecified atom stereocenters. The highest BCUT2D eigenvalue weighted by atomic mass is 16.5. The van der Waals surface area contributed by atoms with Crippen molar-refractivity contribution in [3.8, 4) is 5.75 Å². The van der Waals surface area contributed by atoms with Crippen molar-refractivity contribution in [3.63, 3.8) is 0 Å². The Kier molecular flexibility index (Phi) is 7.21. The van der Waals surface area contributed by atoms with Gasteiger partial charge >= 0.3 is 0 Å². The molecule has 0 saturated carbocycles. The summed E-state index contributed by atoms with van der Waals surface area (Å²) in [6.45, 7) is 6.04. The highest BCUT2D eigenvalue weighted by Crippen LogP contribution is 2.15. The average molecular weight is 354 g/mol. The summed E-state index contributed by atoms with van der Waals surface area (Å²) in [5.74, 6) is 0.414. The number of ether oxygens (including phenoxy) is 1. The van der Waals surface area contributed by atoms with E-state index in [1.807, 2.05) is 68.4 Å². The molecule has 5 heteroatoms. The standard InChI is InChI=1S/C21H26N2O3/c1-15(2)20(23-16(3)24)21(25)22-13-17-9-7-8-10-18(17)14-26-19-11-5-4-6-12-19/h4-12,15,20H,13-14H2,1-3H3,(H,22,25)(H,23,24). The van der Waals surface area contributed by atoms with Crippen molar-refractivity contribution in [2.24, 2.45) is 5.92 Å². The van der Waals surface area contributed by atoms with Crippen LogP contribution in [0.25, 0.3) is 0 Å². The molecule has 0 bridgehead atoms. The maximum absolute atomic E-state index is 12.4. The van der Waals surface area contributed by atoms with Crippen LogP contribution in [0.15, 0.2) is 54.6 Å². The monoisotopic (exact) mass is 354 g/mol. The third kappa shape index (κ3) is 5.92. The lowest BCUT2D eigenvalue weighted by atomic mass is 10.0. The van der Waals surface area contributed by atoms with E-state index in [0.717, 1.165) is 16.9 Å². The molecule has 2 amide bonds. The zero-order chi connectivity index (χ0) is 18.9. The van der Waals surface area contributed by atoms with Gasteiger partial charge in [0, 0.05) is 13.5 Å². The minimum absolute atomic E-state index is 0.00978. The minimum atomic E-state index is -0.541. The predicted molar refractivity (Wildman–Crippen MR) is 102 cm³/mol. The topological polar surface area (TPSA) is 67.4 Å². The molecule has 0 spiro atoms. The van der Waals surface area contributed by atoms with Crippen LogP contribution in [-0.4, -0.2) is 17.9 Å². The van der Waals surface area contributed by atoms with Gasteiger partial charge in [0.2, 0.25) is 11.8 Å². The van der Waals surface area contributed by atoms with E-state index in [2.05, 4.69) is 10.6 Å². The summed E-state index contributed by atoms with van der Waals surface area (Å²) in [5.41, 5.74) is 2.00. The molecular formula is C21H26N2O3. The number of benzene rings is 2. The number of hydrogen-bond acceptors (Lipinski definition) is 3. The fourth-order valence-electron chi connectivity index (χ4n) is 2.59. The minimum Gasteiger partial charge on any atom is -0.489 e. The lowest BCUT2D eigenvalue weighted by Crippen LogP contribution is -2.48. The average Bonchev–Trinajstić information content (AvgIpc) is 2.63. The summed E-state index contributed by atoms with van der Waals surface area (Å²) in [6, 6.07) is 16.9. The molecule has 2 aromatic rings. The van der Waals surface area contributed by atoms with E-state index in [0.29, 0.717) is 13.2 Å². The second-order valence-electron chi connectivity index (χ2n) is 6.51. The Morgan fingerprint density at radius 2 is 1.58 bits per heavy atom. The molecule has 0 aliphatic heterocycles. The van der Waals surface area contributed by atoms with Crippen LogP contribution in [0.3, 0.4) is 0 Å². The largest absolute Gasteiger partial charge is 0.489 e. The van der Waals surface area contributed by atoms with Gasteiger partial charge in [-0.05, 0) is 29.2 Å². The van der Waals surface area contributed by atoms with E-state index >= 15 is 0 Å². The molecule has 0 aliphatic rings. The maximum Gasteiger partial charge on any atom is 0.243 e. The molecule has 1 atom stereocenters. The Morgan fingerprint density at radius 3 is 2.19 bits per heavy atom. The van der Waals surface area contributed by atoms with E-state index in [1.54, 1.807) is 0 Å². The van der Waals surface area contributed by atoms with Crippen molar-refractivity contribution in [1.82, 2.24) is 10.6 Å². The van der Waals surface area contributed by atoms with E-state index in [-0.39, 0.29) is 17.7 Å². The Bertz CT molecular complexity index is 729. The zero-order valence-corrected chi connectivity index (χ0v) is 15.5. The summed E-state index contributed by atoms with van der Waals surface area (Å²) < 4.78 is 5.81. The van der Waals surface area contributed by atoms with Gasteiger partial charge in [-0.15, -0.1) is 0 Å². The second-order valence-corrected chi connectivity index (χ2v) is 6.51. The number of nitrogens with one attached hydrogen (secondary N) is 2. The van der Waals surface area contributed by atoms with Crippen molar-refractivity contribution in [2.45, 2.75) is 40.0 Å². The summed E-state index contributed by atoms with van der Waals surface area (Å²) in [6.07, 6.45) is 0. The first kappa shape index (κ1) is 19.5. The Morgan fingerprint density at radius 1 is 0.962 bits per heavy atom. The summed E-state index contributed by atoms with van der Waals surface area (Å²) in [7, 11) is 0. The van der Waals surface area contributed by atoms with Crippen LogP contribution < -0.4 is 15.4 Å². The highest BCUT2D eigenvalue weighted by molar-refractivity contribution is 5.87. The molecule has 0 radical (unpaired) electrons. The molecule has 0 fully saturated rings. The van der Waals surface area contributed by atoms with Gasteiger partial charge in [-0.1, -0.05) is 56.3 Å². The second kappa shape index (κ2) is 9.61. The first-order valence-corrected chi connectivity index (χ1v) is 8.77. The van der Waals surface area contributed by atoms with Gasteiger partial charge < -0.3 is 15.4 Å². The third-order valence-corrected chi connectivity index (χ3v) is 4.02. The predicted octanol–water partition coefficient (Wildman–Crippen LogP) is 3.04. The molecule has 0 heterocycles. The summed E-state index contributed by atoms with van der Waals surface area (Å²) >= 11 is 0. The van der Waals surface area contributed by atoms with Crippen LogP contribution in [0.1, 0.15) is 31.9 Å². The molecule has 0 aromatic heterocycles. The van der Waals surface area contributed by atoms with Crippen LogP contribution in [0, 0.1) is 5.92 Å². The van der Waals surface area contributed by atoms with Gasteiger partial charge in [0.05, 0.1) is 0 Å². The van der Waals surface area contributed by atoms with Gasteiger partial charge in [0.25, 0.3) is 0 Å². The summed E-state index contributed by atoms with van der Waals surface area (Å²) in [5, 5.41) is 5.62. The van der Waals surface area contributed by atoms with E-state index in [9.17, 15) is 9.59 Å². The fourth-order valence-corrected chi connectivity index (χ4v) is 2.59. The number of carbonyl (C=O) groups is 2. The van der Waals surface area contributed by atoms with Gasteiger partial charge in [0.15, 0.2) is 0 Å². The lowest BCUT2D eigenvalue weighted by molar-refractivity contribution is -0.129. The summed E-state index contributed by atoms with van der Waals surface area (Å²) in [4.78, 5) is 23.7. The van der Waals surface area contributed by atoms with Crippen LogP contribution in [0.5, 0.6) is 5.75 Å². The van der Waals surface area contributed by atoms with Crippen LogP contribution in [0.2, 0.25) is 0 Å². The number of amides is 2. The molecule has 2 rings (SSSR count). The smallest absolute Gasteiger partial charge is 0.243 e. The lowest BCUT2D eigenvalue weighted by Gasteiger charge is -2.21. The van der Waals surface area contributed by atoms with Crippen molar-refractivity contribution in [3.05, 3.63) is 65.7 Å². The molecule has 0 aliphatic carbocycles. The van der Waals surface area contributed by atoms with Gasteiger partial charge in [-0.3, -0.25) is 9.59 Å². The SMILES string of the molecule is CC(=O)NC(C(=O)NCc1ccccc1COc1ccccc1)C(C)C. The Labute approximate surface area is 154 Å². The third-order valence-electron chi connectivity index (χ3n) is 4.02. The molecule has 2 aromatic carbocycles. The molecule has 5 nitrogen and oxygen atoms in total. The maximum atomic E-state index is 12.4. The molecule has 138 valence electrons. The quantitative estimate of drug-likeness (QED) is 0.766. The van der Waals surface area contributed by atoms with Gasteiger partial charge in [-0.2, -0.15) is 0 Å². The Hall–Kier alpha value is -2.82. The van der Waals surface area contributed by atoms with Crippen molar-refractivity contribution in [2.75, 3.05) is 0 Å². The first-order valence-electron chi connectivity index (χ1n) is 8.77. The highest BCUT2D eigenvalue weighted by Gasteiger charge is 2.22. The molecule has 0 saturated heterocycles. The van der Waals surface area contributed by atoms with Crippen molar-refractivity contribution in [1.29, 1.82) is 0 Å². The number of rotatable bonds is 8. The molecular weight excluding hydrogens is 328 g/mol. The van der Waals surface area contributed by atoms with Crippen LogP contribution in [-0.2, 0) is 22.7 Å². The number of carbonyl (C=O) groups excluding carboxylic acids is 2. The van der Waals surface area contributed by atoms with Gasteiger partial charge in [-0.25, -0.2) is 0 Å². The van der Waals surface area contributed by atoms with Crippen molar-refractivity contribution >= 4 is 11.8 Å². The number of hydrogen-bond donors (Lipinski definition) is 2. The van der Waals surface area contributed by atoms with Crippen LogP contribution in [0.4, 0.5) is 0 Å². The van der Waals surface area contributed by atoms with Crippen LogP contribution >= 0.6 is 0 Å². The van der Waals surface area contributed by atoms with E-state index in [1.165, 1.54) is 6.92 Å².